The van der Waals surface area contributed by atoms with Gasteiger partial charge < -0.3 is 0 Å². The van der Waals surface area contributed by atoms with E-state index >= 15 is 0 Å². The number of aromatic nitrogens is 3. The number of aromatic amines is 1. The molecule has 0 amide bonds. The summed E-state index contributed by atoms with van der Waals surface area (Å²) in [5, 5.41) is 9.84. The Labute approximate surface area is 109 Å². The van der Waals surface area contributed by atoms with E-state index in [-0.39, 0.29) is 0 Å². The van der Waals surface area contributed by atoms with E-state index in [0.29, 0.717) is 0 Å². The molecule has 1 N–H and O–H groups in total. The molecule has 0 aliphatic rings. The number of nitrogens with one attached hydrogen (secondary N) is 1. The van der Waals surface area contributed by atoms with Gasteiger partial charge in [0, 0.05) is 22.5 Å². The van der Waals surface area contributed by atoms with E-state index in [2.05, 4.69) is 39.4 Å². The zero-order chi connectivity index (χ0) is 12.7. The zero-order valence-corrected chi connectivity index (χ0v) is 10.2. The molecule has 19 heavy (non-hydrogen) atoms. The molecule has 0 aliphatic heterocycles. The van der Waals surface area contributed by atoms with E-state index in [9.17, 15) is 0 Å². The van der Waals surface area contributed by atoms with Crippen molar-refractivity contribution in [2.24, 2.45) is 0 Å². The van der Waals surface area contributed by atoms with Crippen LogP contribution in [0.25, 0.3) is 33.1 Å². The topological polar surface area (TPSA) is 41.6 Å². The predicted molar refractivity (Wildman–Crippen MR) is 76.8 cm³/mol. The lowest BCUT2D eigenvalue weighted by Gasteiger charge is -1.99. The molecule has 0 spiro atoms. The van der Waals surface area contributed by atoms with Crippen molar-refractivity contribution in [3.63, 3.8) is 0 Å². The zero-order valence-electron chi connectivity index (χ0n) is 10.2. The van der Waals surface area contributed by atoms with E-state index in [0.717, 1.165) is 33.1 Å². The minimum absolute atomic E-state index is 0.985. The third kappa shape index (κ3) is 1.52. The number of hydrogen-bond acceptors (Lipinski definition) is 2. The molecule has 0 fully saturated rings. The van der Waals surface area contributed by atoms with Gasteiger partial charge in [0.05, 0.1) is 16.7 Å². The van der Waals surface area contributed by atoms with Crippen molar-refractivity contribution in [3.05, 3.63) is 60.8 Å². The molecule has 4 rings (SSSR count). The van der Waals surface area contributed by atoms with Crippen LogP contribution in [0.15, 0.2) is 60.8 Å². The SMILES string of the molecule is c1ccc(-c2n[nH]c3c2ccc2ncccc23)cc1. The van der Waals surface area contributed by atoms with Crippen LogP contribution in [0.4, 0.5) is 0 Å². The minimum atomic E-state index is 0.985. The van der Waals surface area contributed by atoms with Gasteiger partial charge in [0.2, 0.25) is 0 Å². The molecule has 3 nitrogen and oxygen atoms in total. The van der Waals surface area contributed by atoms with Crippen molar-refractivity contribution in [3.8, 4) is 11.3 Å². The lowest BCUT2D eigenvalue weighted by Crippen LogP contribution is -1.79. The first kappa shape index (κ1) is 10.3. The van der Waals surface area contributed by atoms with Crippen LogP contribution in [0, 0.1) is 0 Å². The molecule has 0 aliphatic carbocycles. The van der Waals surface area contributed by atoms with Gasteiger partial charge in [-0.05, 0) is 24.3 Å². The van der Waals surface area contributed by atoms with E-state index in [1.54, 1.807) is 0 Å². The lowest BCUT2D eigenvalue weighted by atomic mass is 10.1. The Morgan fingerprint density at radius 2 is 1.68 bits per heavy atom. The second-order valence-electron chi connectivity index (χ2n) is 4.50. The molecular weight excluding hydrogens is 234 g/mol. The Morgan fingerprint density at radius 1 is 0.789 bits per heavy atom. The fourth-order valence-electron chi connectivity index (χ4n) is 2.46. The van der Waals surface area contributed by atoms with Crippen LogP contribution in [-0.4, -0.2) is 15.2 Å². The molecule has 2 heterocycles. The van der Waals surface area contributed by atoms with Crippen molar-refractivity contribution in [2.75, 3.05) is 0 Å². The van der Waals surface area contributed by atoms with Crippen LogP contribution >= 0.6 is 0 Å². The molecule has 0 bridgehead atoms. The van der Waals surface area contributed by atoms with Crippen LogP contribution in [-0.2, 0) is 0 Å². The quantitative estimate of drug-likeness (QED) is 0.554. The maximum absolute atomic E-state index is 4.46. The van der Waals surface area contributed by atoms with Gasteiger partial charge in [-0.25, -0.2) is 0 Å². The van der Waals surface area contributed by atoms with Gasteiger partial charge in [-0.2, -0.15) is 5.10 Å². The first-order valence-corrected chi connectivity index (χ1v) is 6.21. The Kier molecular flexibility index (Phi) is 2.12. The highest BCUT2D eigenvalue weighted by atomic mass is 15.1. The number of hydrogen-bond donors (Lipinski definition) is 1. The summed E-state index contributed by atoms with van der Waals surface area (Å²) < 4.78 is 0. The largest absolute Gasteiger partial charge is 0.277 e. The van der Waals surface area contributed by atoms with Gasteiger partial charge in [0.15, 0.2) is 0 Å². The van der Waals surface area contributed by atoms with E-state index in [4.69, 9.17) is 0 Å². The molecule has 2 aromatic carbocycles. The summed E-state index contributed by atoms with van der Waals surface area (Å²) in [4.78, 5) is 4.37. The molecular formula is C16H11N3. The molecule has 4 aromatic rings. The van der Waals surface area contributed by atoms with Gasteiger partial charge >= 0.3 is 0 Å². The van der Waals surface area contributed by atoms with E-state index in [1.165, 1.54) is 0 Å². The smallest absolute Gasteiger partial charge is 0.0999 e. The Balaban J connectivity index is 2.08. The van der Waals surface area contributed by atoms with Crippen molar-refractivity contribution in [1.82, 2.24) is 15.2 Å². The van der Waals surface area contributed by atoms with Gasteiger partial charge in [0.1, 0.15) is 0 Å². The molecule has 0 atom stereocenters. The number of fused-ring (bicyclic) bond motifs is 3. The molecule has 3 heteroatoms. The molecule has 2 aromatic heterocycles. The van der Waals surface area contributed by atoms with Crippen LogP contribution in [0.3, 0.4) is 0 Å². The van der Waals surface area contributed by atoms with Crippen LogP contribution in [0.2, 0.25) is 0 Å². The van der Waals surface area contributed by atoms with Crippen molar-refractivity contribution in [1.29, 1.82) is 0 Å². The standard InChI is InChI=1S/C16H11N3/c1-2-5-11(6-3-1)15-13-8-9-14-12(7-4-10-17-14)16(13)19-18-15/h1-10H,(H,18,19). The maximum Gasteiger partial charge on any atom is 0.0999 e. The van der Waals surface area contributed by atoms with Gasteiger partial charge in [-0.1, -0.05) is 30.3 Å². The van der Waals surface area contributed by atoms with Crippen LogP contribution < -0.4 is 0 Å². The summed E-state index contributed by atoms with van der Waals surface area (Å²) >= 11 is 0. The van der Waals surface area contributed by atoms with Crippen molar-refractivity contribution < 1.29 is 0 Å². The molecule has 90 valence electrons. The third-order valence-corrected chi connectivity index (χ3v) is 3.37. The van der Waals surface area contributed by atoms with Gasteiger partial charge in [-0.3, -0.25) is 10.1 Å². The molecule has 0 saturated carbocycles. The number of H-pyrrole nitrogens is 1. The highest BCUT2D eigenvalue weighted by Gasteiger charge is 2.10. The highest BCUT2D eigenvalue weighted by molar-refractivity contribution is 6.08. The summed E-state index contributed by atoms with van der Waals surface area (Å²) in [7, 11) is 0. The maximum atomic E-state index is 4.46. The number of nitrogens with zero attached hydrogens (tertiary/aromatic N) is 2. The fourth-order valence-corrected chi connectivity index (χ4v) is 2.46. The highest BCUT2D eigenvalue weighted by Crippen LogP contribution is 2.30. The monoisotopic (exact) mass is 245 g/mol. The molecule has 0 radical (unpaired) electrons. The second-order valence-corrected chi connectivity index (χ2v) is 4.50. The van der Waals surface area contributed by atoms with Gasteiger partial charge in [0.25, 0.3) is 0 Å². The number of rotatable bonds is 1. The number of pyridine rings is 1. The molecule has 0 saturated heterocycles. The summed E-state index contributed by atoms with van der Waals surface area (Å²) in [6.07, 6.45) is 1.81. The number of benzene rings is 2. The summed E-state index contributed by atoms with van der Waals surface area (Å²) in [5.74, 6) is 0. The average Bonchev–Trinajstić information content (AvgIpc) is 2.92. The predicted octanol–water partition coefficient (Wildman–Crippen LogP) is 3.78. The van der Waals surface area contributed by atoms with E-state index < -0.39 is 0 Å². The van der Waals surface area contributed by atoms with Crippen molar-refractivity contribution >= 4 is 21.8 Å². The van der Waals surface area contributed by atoms with Crippen LogP contribution in [0.5, 0.6) is 0 Å². The normalized spacial score (nSPS) is 11.2. The average molecular weight is 245 g/mol. The summed E-state index contributed by atoms with van der Waals surface area (Å²) in [6, 6.07) is 18.3. The molecule has 0 unspecified atom stereocenters. The first-order chi connectivity index (χ1) is 9.43. The summed E-state index contributed by atoms with van der Waals surface area (Å²) in [6.45, 7) is 0. The Bertz CT molecular complexity index is 863. The minimum Gasteiger partial charge on any atom is -0.277 e. The summed E-state index contributed by atoms with van der Waals surface area (Å²) in [5.41, 5.74) is 4.14. The lowest BCUT2D eigenvalue weighted by molar-refractivity contribution is 1.13. The fraction of sp³-hybridized carbons (Fsp3) is 0. The Hall–Kier alpha value is -2.68. The third-order valence-electron chi connectivity index (χ3n) is 3.37. The first-order valence-electron chi connectivity index (χ1n) is 6.21. The second kappa shape index (κ2) is 3.92. The Morgan fingerprint density at radius 3 is 2.58 bits per heavy atom. The van der Waals surface area contributed by atoms with Crippen molar-refractivity contribution in [2.45, 2.75) is 0 Å². The van der Waals surface area contributed by atoms with Crippen LogP contribution in [0.1, 0.15) is 0 Å². The van der Waals surface area contributed by atoms with E-state index in [1.807, 2.05) is 36.5 Å². The van der Waals surface area contributed by atoms with Gasteiger partial charge in [-0.15, -0.1) is 0 Å².